The minimum absolute atomic E-state index is 0.351. The molecule has 30 heavy (non-hydrogen) atoms. The van der Waals surface area contributed by atoms with Crippen molar-refractivity contribution >= 4 is 12.6 Å². The fraction of sp³-hybridized carbons (Fsp3) is 0.542. The predicted molar refractivity (Wildman–Crippen MR) is 123 cm³/mol. The molecule has 2 fully saturated rings. The molecule has 2 aliphatic heterocycles. The van der Waals surface area contributed by atoms with E-state index in [0.29, 0.717) is 6.04 Å². The topological polar surface area (TPSA) is 37.8 Å². The van der Waals surface area contributed by atoms with E-state index in [1.165, 1.54) is 18.5 Å². The number of pyridine rings is 1. The van der Waals surface area contributed by atoms with Crippen LogP contribution < -0.4 is 5.46 Å². The Morgan fingerprint density at radius 2 is 1.70 bits per heavy atom. The molecule has 0 radical (unpaired) electrons. The molecule has 1 aromatic heterocycles. The quantitative estimate of drug-likeness (QED) is 0.712. The highest BCUT2D eigenvalue weighted by Gasteiger charge is 2.51. The Morgan fingerprint density at radius 3 is 2.30 bits per heavy atom. The Hall–Kier alpha value is -1.73. The van der Waals surface area contributed by atoms with E-state index in [2.05, 4.69) is 86.9 Å². The molecule has 0 bridgehead atoms. The second-order valence-corrected chi connectivity index (χ2v) is 9.93. The Kier molecular flexibility index (Phi) is 5.79. The summed E-state index contributed by atoms with van der Waals surface area (Å²) in [5, 5.41) is 0. The maximum absolute atomic E-state index is 6.19. The molecule has 1 atom stereocenters. The minimum atomic E-state index is -0.387. The standard InChI is InChI=1S/C24H34BN3O2/c1-23(2)24(3,4)30-25(29-23)21-13-20(14-26-15-21)19-9-7-18(8-10-19)16-28-12-11-22(17-28)27(5)6/h7-10,13-15,22H,11-12,16-17H2,1-6H3/t22-/m0/s1. The van der Waals surface area contributed by atoms with Gasteiger partial charge in [-0.05, 0) is 64.9 Å². The Labute approximate surface area is 181 Å². The van der Waals surface area contributed by atoms with Crippen LogP contribution in [0.2, 0.25) is 0 Å². The molecule has 0 aliphatic carbocycles. The van der Waals surface area contributed by atoms with Crippen LogP contribution in [-0.4, -0.2) is 66.3 Å². The van der Waals surface area contributed by atoms with Gasteiger partial charge in [0.2, 0.25) is 0 Å². The average molecular weight is 407 g/mol. The fourth-order valence-corrected chi connectivity index (χ4v) is 4.16. The highest BCUT2D eigenvalue weighted by atomic mass is 16.7. The molecular weight excluding hydrogens is 373 g/mol. The molecule has 3 heterocycles. The van der Waals surface area contributed by atoms with Gasteiger partial charge >= 0.3 is 7.12 Å². The molecule has 0 amide bonds. The number of nitrogens with zero attached hydrogens (tertiary/aromatic N) is 3. The number of aromatic nitrogens is 1. The number of benzene rings is 1. The summed E-state index contributed by atoms with van der Waals surface area (Å²) in [6.45, 7) is 11.6. The minimum Gasteiger partial charge on any atom is -0.399 e. The summed E-state index contributed by atoms with van der Waals surface area (Å²) < 4.78 is 12.4. The molecule has 1 aromatic carbocycles. The van der Waals surface area contributed by atoms with E-state index in [9.17, 15) is 0 Å². The second-order valence-electron chi connectivity index (χ2n) is 9.93. The van der Waals surface area contributed by atoms with E-state index in [0.717, 1.165) is 29.7 Å². The van der Waals surface area contributed by atoms with Crippen LogP contribution >= 0.6 is 0 Å². The van der Waals surface area contributed by atoms with Crippen LogP contribution in [0.1, 0.15) is 39.7 Å². The Bertz CT molecular complexity index is 866. The second kappa shape index (κ2) is 8.08. The Morgan fingerprint density at radius 1 is 1.03 bits per heavy atom. The molecule has 0 spiro atoms. The summed E-state index contributed by atoms with van der Waals surface area (Å²) >= 11 is 0. The normalized spacial score (nSPS) is 23.4. The molecule has 6 heteroatoms. The third-order valence-corrected chi connectivity index (χ3v) is 6.96. The van der Waals surface area contributed by atoms with Crippen LogP contribution in [0.4, 0.5) is 0 Å². The number of likely N-dealkylation sites (tertiary alicyclic amines) is 1. The van der Waals surface area contributed by atoms with Gasteiger partial charge in [0.15, 0.2) is 0 Å². The first kappa shape index (κ1) is 21.5. The summed E-state index contributed by atoms with van der Waals surface area (Å²) in [7, 11) is 3.96. The van der Waals surface area contributed by atoms with Crippen LogP contribution in [-0.2, 0) is 15.9 Å². The Balaban J connectivity index is 1.45. The van der Waals surface area contributed by atoms with Gasteiger partial charge in [-0.2, -0.15) is 0 Å². The highest BCUT2D eigenvalue weighted by molar-refractivity contribution is 6.62. The lowest BCUT2D eigenvalue weighted by atomic mass is 9.79. The van der Waals surface area contributed by atoms with Gasteiger partial charge in [0, 0.05) is 43.5 Å². The van der Waals surface area contributed by atoms with Gasteiger partial charge in [-0.3, -0.25) is 9.88 Å². The molecule has 5 nitrogen and oxygen atoms in total. The lowest BCUT2D eigenvalue weighted by Gasteiger charge is -2.32. The van der Waals surface area contributed by atoms with Crippen LogP contribution in [0.3, 0.4) is 0 Å². The predicted octanol–water partition coefficient (Wildman–Crippen LogP) is 3.18. The van der Waals surface area contributed by atoms with Gasteiger partial charge in [-0.1, -0.05) is 30.3 Å². The third-order valence-electron chi connectivity index (χ3n) is 6.96. The van der Waals surface area contributed by atoms with Crippen molar-refractivity contribution in [3.63, 3.8) is 0 Å². The number of likely N-dealkylation sites (N-methyl/N-ethyl adjacent to an activating group) is 1. The van der Waals surface area contributed by atoms with E-state index >= 15 is 0 Å². The zero-order chi connectivity index (χ0) is 21.5. The maximum Gasteiger partial charge on any atom is 0.496 e. The van der Waals surface area contributed by atoms with Crippen molar-refractivity contribution in [2.45, 2.75) is 57.9 Å². The first-order valence-electron chi connectivity index (χ1n) is 10.9. The van der Waals surface area contributed by atoms with Gasteiger partial charge in [0.05, 0.1) is 11.2 Å². The molecule has 0 unspecified atom stereocenters. The lowest BCUT2D eigenvalue weighted by molar-refractivity contribution is 0.00578. The molecule has 0 N–H and O–H groups in total. The number of hydrogen-bond acceptors (Lipinski definition) is 5. The van der Waals surface area contributed by atoms with E-state index in [1.807, 2.05) is 12.4 Å². The van der Waals surface area contributed by atoms with Gasteiger partial charge in [0.1, 0.15) is 0 Å². The molecule has 0 saturated carbocycles. The molecule has 2 aliphatic rings. The van der Waals surface area contributed by atoms with Crippen LogP contribution in [0.15, 0.2) is 42.7 Å². The van der Waals surface area contributed by atoms with Crippen molar-refractivity contribution < 1.29 is 9.31 Å². The molecule has 2 saturated heterocycles. The largest absolute Gasteiger partial charge is 0.496 e. The molecule has 160 valence electrons. The van der Waals surface area contributed by atoms with E-state index < -0.39 is 0 Å². The average Bonchev–Trinajstić information content (AvgIpc) is 3.24. The summed E-state index contributed by atoms with van der Waals surface area (Å²) in [6.07, 6.45) is 5.00. The first-order valence-corrected chi connectivity index (χ1v) is 10.9. The van der Waals surface area contributed by atoms with Gasteiger partial charge in [-0.15, -0.1) is 0 Å². The summed E-state index contributed by atoms with van der Waals surface area (Å²) in [5.74, 6) is 0. The van der Waals surface area contributed by atoms with Gasteiger partial charge in [0.25, 0.3) is 0 Å². The van der Waals surface area contributed by atoms with Crippen LogP contribution in [0, 0.1) is 0 Å². The van der Waals surface area contributed by atoms with Crippen molar-refractivity contribution in [3.8, 4) is 11.1 Å². The lowest BCUT2D eigenvalue weighted by Crippen LogP contribution is -2.41. The highest BCUT2D eigenvalue weighted by Crippen LogP contribution is 2.36. The third kappa shape index (κ3) is 4.33. The van der Waals surface area contributed by atoms with Crippen molar-refractivity contribution in [1.82, 2.24) is 14.8 Å². The van der Waals surface area contributed by atoms with Crippen molar-refractivity contribution in [1.29, 1.82) is 0 Å². The zero-order valence-electron chi connectivity index (χ0n) is 19.2. The number of hydrogen-bond donors (Lipinski definition) is 0. The maximum atomic E-state index is 6.19. The van der Waals surface area contributed by atoms with Crippen molar-refractivity contribution in [3.05, 3.63) is 48.3 Å². The van der Waals surface area contributed by atoms with Crippen LogP contribution in [0.25, 0.3) is 11.1 Å². The first-order chi connectivity index (χ1) is 14.1. The van der Waals surface area contributed by atoms with Crippen LogP contribution in [0.5, 0.6) is 0 Å². The van der Waals surface area contributed by atoms with E-state index in [4.69, 9.17) is 9.31 Å². The smallest absolute Gasteiger partial charge is 0.399 e. The van der Waals surface area contributed by atoms with E-state index in [-0.39, 0.29) is 18.3 Å². The van der Waals surface area contributed by atoms with Gasteiger partial charge in [-0.25, -0.2) is 0 Å². The zero-order valence-corrected chi connectivity index (χ0v) is 19.2. The number of rotatable bonds is 5. The van der Waals surface area contributed by atoms with Gasteiger partial charge < -0.3 is 14.2 Å². The van der Waals surface area contributed by atoms with Crippen molar-refractivity contribution in [2.24, 2.45) is 0 Å². The molecule has 4 rings (SSSR count). The fourth-order valence-electron chi connectivity index (χ4n) is 4.16. The monoisotopic (exact) mass is 407 g/mol. The molecule has 2 aromatic rings. The summed E-state index contributed by atoms with van der Waals surface area (Å²) in [6, 6.07) is 11.7. The molecular formula is C24H34BN3O2. The van der Waals surface area contributed by atoms with Crippen molar-refractivity contribution in [2.75, 3.05) is 27.2 Å². The summed E-state index contributed by atoms with van der Waals surface area (Å²) in [5.41, 5.74) is 3.86. The van der Waals surface area contributed by atoms with E-state index in [1.54, 1.807) is 0 Å². The SMILES string of the molecule is CN(C)[C@H]1CCN(Cc2ccc(-c3cncc(B4OC(C)(C)C(C)(C)O4)c3)cc2)C1. The summed E-state index contributed by atoms with van der Waals surface area (Å²) in [4.78, 5) is 9.34.